The SMILES string of the molecule is C=c1/c(=C\N=C(/C)C2(C#N)CCC2)cnn1-c1cc(N2CC[C@@H](C(C)(C)O)C2)ncn1. The Kier molecular flexibility index (Phi) is 5.40. The quantitative estimate of drug-likeness (QED) is 0.738. The smallest absolute Gasteiger partial charge is 0.159 e. The van der Waals surface area contributed by atoms with Crippen molar-refractivity contribution in [1.29, 1.82) is 5.26 Å². The molecule has 1 saturated heterocycles. The van der Waals surface area contributed by atoms with E-state index in [4.69, 9.17) is 0 Å². The van der Waals surface area contributed by atoms with Crippen LogP contribution < -0.4 is 15.5 Å². The van der Waals surface area contributed by atoms with Crippen molar-refractivity contribution in [3.8, 4) is 11.9 Å². The molecule has 2 fully saturated rings. The molecule has 31 heavy (non-hydrogen) atoms. The van der Waals surface area contributed by atoms with E-state index in [9.17, 15) is 10.4 Å². The Morgan fingerprint density at radius 3 is 2.74 bits per heavy atom. The Hall–Kier alpha value is -3.05. The molecule has 1 atom stereocenters. The standard InChI is InChI=1S/C23H29N7O/c1-16-18(11-25-17(2)23(14-24)7-5-8-23)12-28-30(16)21-10-20(26-15-27-21)29-9-6-19(13-29)22(3,4)31/h10-12,15,19,31H,1,5-9,13H2,2-4H3/b18-11-,25-17+/t19-/m1/s1. The number of hydrogen-bond acceptors (Lipinski definition) is 7. The number of aromatic nitrogens is 4. The molecule has 1 saturated carbocycles. The predicted octanol–water partition coefficient (Wildman–Crippen LogP) is 1.56. The zero-order valence-corrected chi connectivity index (χ0v) is 18.4. The third-order valence-corrected chi connectivity index (χ3v) is 6.78. The van der Waals surface area contributed by atoms with E-state index in [1.54, 1.807) is 17.1 Å². The van der Waals surface area contributed by atoms with Gasteiger partial charge in [0.05, 0.1) is 28.6 Å². The molecule has 0 unspecified atom stereocenters. The molecule has 3 heterocycles. The van der Waals surface area contributed by atoms with Gasteiger partial charge in [0.25, 0.3) is 0 Å². The van der Waals surface area contributed by atoms with Crippen LogP contribution in [-0.2, 0) is 0 Å². The van der Waals surface area contributed by atoms with Gasteiger partial charge >= 0.3 is 0 Å². The van der Waals surface area contributed by atoms with Crippen LogP contribution in [0.25, 0.3) is 18.6 Å². The normalized spacial score (nSPS) is 21.8. The Morgan fingerprint density at radius 2 is 2.13 bits per heavy atom. The molecule has 1 aliphatic carbocycles. The lowest BCUT2D eigenvalue weighted by Gasteiger charge is -2.34. The van der Waals surface area contributed by atoms with Crippen LogP contribution >= 0.6 is 0 Å². The van der Waals surface area contributed by atoms with Crippen molar-refractivity contribution in [3.63, 3.8) is 0 Å². The van der Waals surface area contributed by atoms with E-state index in [0.717, 1.165) is 55.5 Å². The van der Waals surface area contributed by atoms with E-state index in [1.807, 2.05) is 26.8 Å². The van der Waals surface area contributed by atoms with Gasteiger partial charge in [0.15, 0.2) is 5.82 Å². The first-order valence-corrected chi connectivity index (χ1v) is 10.7. The molecule has 1 aliphatic heterocycles. The van der Waals surface area contributed by atoms with Crippen LogP contribution in [0.1, 0.15) is 46.5 Å². The highest BCUT2D eigenvalue weighted by Crippen LogP contribution is 2.41. The van der Waals surface area contributed by atoms with Gasteiger partial charge in [0, 0.05) is 42.2 Å². The van der Waals surface area contributed by atoms with Crippen molar-refractivity contribution < 1.29 is 5.11 Å². The molecule has 0 bridgehead atoms. The molecule has 2 aromatic heterocycles. The van der Waals surface area contributed by atoms with Crippen molar-refractivity contribution >= 4 is 24.3 Å². The Balaban J connectivity index is 1.58. The van der Waals surface area contributed by atoms with Crippen LogP contribution in [0, 0.1) is 22.7 Å². The maximum atomic E-state index is 10.3. The van der Waals surface area contributed by atoms with Gasteiger partial charge in [0.2, 0.25) is 0 Å². The second-order valence-corrected chi connectivity index (χ2v) is 9.17. The number of nitriles is 1. The average Bonchev–Trinajstić information content (AvgIpc) is 3.33. The van der Waals surface area contributed by atoms with Crippen LogP contribution in [0.3, 0.4) is 0 Å². The third kappa shape index (κ3) is 3.98. The number of aliphatic hydroxyl groups is 1. The van der Waals surface area contributed by atoms with E-state index in [0.29, 0.717) is 11.2 Å². The summed E-state index contributed by atoms with van der Waals surface area (Å²) in [5, 5.41) is 25.7. The maximum Gasteiger partial charge on any atom is 0.159 e. The number of anilines is 1. The molecule has 8 nitrogen and oxygen atoms in total. The minimum Gasteiger partial charge on any atom is -0.390 e. The number of nitrogens with zero attached hydrogens (tertiary/aromatic N) is 7. The maximum absolute atomic E-state index is 10.3. The first-order valence-electron chi connectivity index (χ1n) is 10.7. The van der Waals surface area contributed by atoms with Gasteiger partial charge in [-0.15, -0.1) is 0 Å². The Bertz CT molecular complexity index is 1150. The molecule has 4 rings (SSSR count). The van der Waals surface area contributed by atoms with Crippen molar-refractivity contribution in [1.82, 2.24) is 19.7 Å². The first kappa shape index (κ1) is 21.2. The van der Waals surface area contributed by atoms with Crippen molar-refractivity contribution in [2.45, 2.75) is 52.1 Å². The van der Waals surface area contributed by atoms with Gasteiger partial charge in [-0.05, 0) is 46.5 Å². The number of aliphatic imine (C=N–C) groups is 1. The van der Waals surface area contributed by atoms with Gasteiger partial charge in [-0.2, -0.15) is 10.4 Å². The summed E-state index contributed by atoms with van der Waals surface area (Å²) in [6.45, 7) is 11.4. The minimum atomic E-state index is -0.708. The largest absolute Gasteiger partial charge is 0.390 e. The van der Waals surface area contributed by atoms with E-state index >= 15 is 0 Å². The highest BCUT2D eigenvalue weighted by molar-refractivity contribution is 5.92. The summed E-state index contributed by atoms with van der Waals surface area (Å²) in [7, 11) is 0. The molecule has 1 N–H and O–H groups in total. The lowest BCUT2D eigenvalue weighted by atomic mass is 9.67. The average molecular weight is 420 g/mol. The second kappa shape index (κ2) is 7.89. The molecular weight excluding hydrogens is 390 g/mol. The molecule has 0 spiro atoms. The Labute approximate surface area is 182 Å². The molecule has 2 aliphatic rings. The highest BCUT2D eigenvalue weighted by atomic mass is 16.3. The summed E-state index contributed by atoms with van der Waals surface area (Å²) in [6.07, 6.45) is 8.71. The molecular formula is C23H29N7O. The summed E-state index contributed by atoms with van der Waals surface area (Å²) >= 11 is 0. The van der Waals surface area contributed by atoms with Gasteiger partial charge in [-0.1, -0.05) is 6.58 Å². The molecule has 0 aromatic carbocycles. The van der Waals surface area contributed by atoms with Crippen LogP contribution in [0.2, 0.25) is 0 Å². The van der Waals surface area contributed by atoms with Crippen LogP contribution in [0.4, 0.5) is 5.82 Å². The minimum absolute atomic E-state index is 0.202. The van der Waals surface area contributed by atoms with E-state index in [-0.39, 0.29) is 5.92 Å². The number of hydrogen-bond donors (Lipinski definition) is 1. The molecule has 0 amide bonds. The molecule has 0 radical (unpaired) electrons. The van der Waals surface area contributed by atoms with Gasteiger partial charge in [0.1, 0.15) is 12.1 Å². The topological polar surface area (TPSA) is 103 Å². The monoisotopic (exact) mass is 419 g/mol. The third-order valence-electron chi connectivity index (χ3n) is 6.78. The van der Waals surface area contributed by atoms with Gasteiger partial charge < -0.3 is 10.0 Å². The van der Waals surface area contributed by atoms with E-state index < -0.39 is 11.0 Å². The summed E-state index contributed by atoms with van der Waals surface area (Å²) < 4.78 is 1.68. The number of rotatable bonds is 5. The molecule has 8 heteroatoms. The van der Waals surface area contributed by atoms with E-state index in [1.165, 1.54) is 6.33 Å². The van der Waals surface area contributed by atoms with Crippen molar-refractivity contribution in [2.24, 2.45) is 16.3 Å². The summed E-state index contributed by atoms with van der Waals surface area (Å²) in [5.74, 6) is 1.65. The summed E-state index contributed by atoms with van der Waals surface area (Å²) in [5.41, 5.74) is -0.278. The first-order chi connectivity index (χ1) is 14.7. The van der Waals surface area contributed by atoms with Gasteiger partial charge in [-0.25, -0.2) is 14.6 Å². The zero-order valence-electron chi connectivity index (χ0n) is 18.4. The predicted molar refractivity (Wildman–Crippen MR) is 120 cm³/mol. The lowest BCUT2D eigenvalue weighted by Crippen LogP contribution is -2.35. The van der Waals surface area contributed by atoms with Gasteiger partial charge in [-0.3, -0.25) is 4.99 Å². The second-order valence-electron chi connectivity index (χ2n) is 9.17. The fourth-order valence-electron chi connectivity index (χ4n) is 4.24. The van der Waals surface area contributed by atoms with Crippen LogP contribution in [0.5, 0.6) is 0 Å². The molecule has 162 valence electrons. The van der Waals surface area contributed by atoms with E-state index in [2.05, 4.69) is 37.6 Å². The van der Waals surface area contributed by atoms with Crippen LogP contribution in [-0.4, -0.2) is 49.3 Å². The zero-order chi connectivity index (χ0) is 22.2. The fraction of sp³-hybridized carbons (Fsp3) is 0.522. The fourth-order valence-corrected chi connectivity index (χ4v) is 4.24. The van der Waals surface area contributed by atoms with Crippen LogP contribution in [0.15, 0.2) is 23.6 Å². The lowest BCUT2D eigenvalue weighted by molar-refractivity contribution is 0.0263. The summed E-state index contributed by atoms with van der Waals surface area (Å²) in [6, 6.07) is 4.31. The Morgan fingerprint density at radius 1 is 1.39 bits per heavy atom. The molecule has 2 aromatic rings. The van der Waals surface area contributed by atoms with Crippen molar-refractivity contribution in [2.75, 3.05) is 18.0 Å². The summed E-state index contributed by atoms with van der Waals surface area (Å²) in [4.78, 5) is 15.5. The highest BCUT2D eigenvalue weighted by Gasteiger charge is 2.40. The van der Waals surface area contributed by atoms with Crippen molar-refractivity contribution in [3.05, 3.63) is 29.2 Å².